The lowest BCUT2D eigenvalue weighted by Gasteiger charge is -2.00. The zero-order valence-electron chi connectivity index (χ0n) is 11.8. The van der Waals surface area contributed by atoms with Crippen LogP contribution in [-0.2, 0) is 12.3 Å². The summed E-state index contributed by atoms with van der Waals surface area (Å²) in [6.45, 7) is 4.16. The molecule has 1 N–H and O–H groups in total. The summed E-state index contributed by atoms with van der Waals surface area (Å²) < 4.78 is 0. The molecule has 1 fully saturated rings. The maximum atomic E-state index is 4.90. The minimum atomic E-state index is 0.746. The minimum Gasteiger partial charge on any atom is -0.312 e. The third-order valence-electron chi connectivity index (χ3n) is 3.38. The zero-order chi connectivity index (χ0) is 13.8. The van der Waals surface area contributed by atoms with E-state index >= 15 is 0 Å². The highest BCUT2D eigenvalue weighted by molar-refractivity contribution is 7.98. The third kappa shape index (κ3) is 3.62. The number of benzene rings is 1. The van der Waals surface area contributed by atoms with Gasteiger partial charge in [-0.3, -0.25) is 0 Å². The molecule has 2 aromatic rings. The maximum Gasteiger partial charge on any atom is 0.103 e. The van der Waals surface area contributed by atoms with Gasteiger partial charge in [0.25, 0.3) is 0 Å². The number of nitrogens with zero attached hydrogens (tertiary/aromatic N) is 1. The molecule has 3 rings (SSSR count). The highest BCUT2D eigenvalue weighted by atomic mass is 32.2. The molecular formula is C16H20N2S2. The largest absolute Gasteiger partial charge is 0.312 e. The minimum absolute atomic E-state index is 0.746. The molecule has 0 saturated heterocycles. The molecule has 0 unspecified atom stereocenters. The van der Waals surface area contributed by atoms with E-state index in [2.05, 4.69) is 42.6 Å². The molecule has 2 nitrogen and oxygen atoms in total. The Balaban J connectivity index is 1.67. The molecule has 20 heavy (non-hydrogen) atoms. The fourth-order valence-corrected chi connectivity index (χ4v) is 4.21. The Morgan fingerprint density at radius 3 is 2.80 bits per heavy atom. The normalized spacial score (nSPS) is 14.7. The first kappa shape index (κ1) is 14.1. The SMILES string of the molecule is CCNCc1sc(CSc2ccccc2)nc1C1CC1. The average molecular weight is 304 g/mol. The summed E-state index contributed by atoms with van der Waals surface area (Å²) in [5.41, 5.74) is 1.37. The Morgan fingerprint density at radius 2 is 2.10 bits per heavy atom. The molecule has 1 aromatic carbocycles. The van der Waals surface area contributed by atoms with Crippen molar-refractivity contribution in [1.29, 1.82) is 0 Å². The number of thiazole rings is 1. The number of rotatable bonds is 7. The molecular weight excluding hydrogens is 284 g/mol. The molecule has 1 heterocycles. The van der Waals surface area contributed by atoms with Crippen LogP contribution >= 0.6 is 23.1 Å². The monoisotopic (exact) mass is 304 g/mol. The number of hydrogen-bond donors (Lipinski definition) is 1. The maximum absolute atomic E-state index is 4.90. The molecule has 1 saturated carbocycles. The molecule has 0 aliphatic heterocycles. The van der Waals surface area contributed by atoms with E-state index in [-0.39, 0.29) is 0 Å². The van der Waals surface area contributed by atoms with Crippen molar-refractivity contribution in [2.24, 2.45) is 0 Å². The van der Waals surface area contributed by atoms with Crippen molar-refractivity contribution in [3.05, 3.63) is 45.9 Å². The molecule has 0 radical (unpaired) electrons. The van der Waals surface area contributed by atoms with E-state index < -0.39 is 0 Å². The Hall–Kier alpha value is -0.840. The predicted molar refractivity (Wildman–Crippen MR) is 87.5 cm³/mol. The summed E-state index contributed by atoms with van der Waals surface area (Å²) in [7, 11) is 0. The van der Waals surface area contributed by atoms with E-state index in [0.717, 1.165) is 24.8 Å². The molecule has 0 bridgehead atoms. The third-order valence-corrected chi connectivity index (χ3v) is 5.65. The smallest absolute Gasteiger partial charge is 0.103 e. The number of nitrogens with one attached hydrogen (secondary N) is 1. The quantitative estimate of drug-likeness (QED) is 0.766. The first-order valence-electron chi connectivity index (χ1n) is 7.24. The summed E-state index contributed by atoms with van der Waals surface area (Å²) in [5.74, 6) is 1.73. The molecule has 1 aliphatic rings. The van der Waals surface area contributed by atoms with Crippen LogP contribution in [0.4, 0.5) is 0 Å². The summed E-state index contributed by atoms with van der Waals surface area (Å²) in [6.07, 6.45) is 2.66. The van der Waals surface area contributed by atoms with Gasteiger partial charge in [0.2, 0.25) is 0 Å². The summed E-state index contributed by atoms with van der Waals surface area (Å²) in [6, 6.07) is 10.6. The lowest BCUT2D eigenvalue weighted by atomic mass is 10.2. The van der Waals surface area contributed by atoms with Crippen LogP contribution in [0.3, 0.4) is 0 Å². The second-order valence-corrected chi connectivity index (χ2v) is 7.29. The van der Waals surface area contributed by atoms with Crippen molar-refractivity contribution < 1.29 is 0 Å². The first-order valence-corrected chi connectivity index (χ1v) is 9.04. The number of hydrogen-bond acceptors (Lipinski definition) is 4. The Labute approximate surface area is 129 Å². The summed E-state index contributed by atoms with van der Waals surface area (Å²) >= 11 is 3.77. The van der Waals surface area contributed by atoms with Gasteiger partial charge in [-0.05, 0) is 31.5 Å². The van der Waals surface area contributed by atoms with E-state index in [9.17, 15) is 0 Å². The van der Waals surface area contributed by atoms with Crippen molar-refractivity contribution >= 4 is 23.1 Å². The van der Waals surface area contributed by atoms with E-state index in [1.165, 1.54) is 33.3 Å². The molecule has 0 atom stereocenters. The molecule has 0 amide bonds. The molecule has 106 valence electrons. The highest BCUT2D eigenvalue weighted by Gasteiger charge is 2.29. The van der Waals surface area contributed by atoms with Gasteiger partial charge >= 0.3 is 0 Å². The number of aromatic nitrogens is 1. The van der Waals surface area contributed by atoms with Gasteiger partial charge in [-0.2, -0.15) is 0 Å². The Kier molecular flexibility index (Phi) is 4.76. The van der Waals surface area contributed by atoms with Gasteiger partial charge in [0.1, 0.15) is 5.01 Å². The van der Waals surface area contributed by atoms with E-state index in [1.807, 2.05) is 23.1 Å². The van der Waals surface area contributed by atoms with Crippen LogP contribution in [0.15, 0.2) is 35.2 Å². The van der Waals surface area contributed by atoms with Gasteiger partial charge in [0, 0.05) is 22.2 Å². The van der Waals surface area contributed by atoms with E-state index in [4.69, 9.17) is 4.98 Å². The van der Waals surface area contributed by atoms with Crippen molar-refractivity contribution in [3.63, 3.8) is 0 Å². The zero-order valence-corrected chi connectivity index (χ0v) is 13.4. The lowest BCUT2D eigenvalue weighted by molar-refractivity contribution is 0.726. The van der Waals surface area contributed by atoms with Crippen LogP contribution in [0.1, 0.15) is 41.3 Å². The molecule has 0 spiro atoms. The van der Waals surface area contributed by atoms with Crippen LogP contribution in [0, 0.1) is 0 Å². The average Bonchev–Trinajstić information content (AvgIpc) is 3.25. The van der Waals surface area contributed by atoms with Crippen LogP contribution in [0.2, 0.25) is 0 Å². The lowest BCUT2D eigenvalue weighted by Crippen LogP contribution is -2.11. The van der Waals surface area contributed by atoms with Crippen LogP contribution in [0.25, 0.3) is 0 Å². The molecule has 1 aromatic heterocycles. The molecule has 1 aliphatic carbocycles. The highest BCUT2D eigenvalue weighted by Crippen LogP contribution is 2.43. The van der Waals surface area contributed by atoms with Crippen molar-refractivity contribution in [2.75, 3.05) is 6.54 Å². The Bertz CT molecular complexity index is 547. The van der Waals surface area contributed by atoms with Gasteiger partial charge < -0.3 is 5.32 Å². The van der Waals surface area contributed by atoms with Gasteiger partial charge in [0.05, 0.1) is 11.4 Å². The fraction of sp³-hybridized carbons (Fsp3) is 0.438. The summed E-state index contributed by atoms with van der Waals surface area (Å²) in [5, 5.41) is 4.71. The second kappa shape index (κ2) is 6.74. The van der Waals surface area contributed by atoms with Gasteiger partial charge in [-0.1, -0.05) is 25.1 Å². The van der Waals surface area contributed by atoms with Crippen molar-refractivity contribution in [3.8, 4) is 0 Å². The fourth-order valence-electron chi connectivity index (χ4n) is 2.18. The predicted octanol–water partition coefficient (Wildman–Crippen LogP) is 4.42. The van der Waals surface area contributed by atoms with Crippen molar-refractivity contribution in [1.82, 2.24) is 10.3 Å². The van der Waals surface area contributed by atoms with E-state index in [0.29, 0.717) is 0 Å². The van der Waals surface area contributed by atoms with Crippen LogP contribution in [0.5, 0.6) is 0 Å². The first-order chi connectivity index (χ1) is 9.86. The van der Waals surface area contributed by atoms with Crippen LogP contribution in [-0.4, -0.2) is 11.5 Å². The van der Waals surface area contributed by atoms with Gasteiger partial charge in [-0.25, -0.2) is 4.98 Å². The second-order valence-electron chi connectivity index (χ2n) is 5.07. The van der Waals surface area contributed by atoms with Crippen molar-refractivity contribution in [2.45, 2.75) is 42.9 Å². The van der Waals surface area contributed by atoms with Gasteiger partial charge in [-0.15, -0.1) is 23.1 Å². The topological polar surface area (TPSA) is 24.9 Å². The molecule has 4 heteroatoms. The Morgan fingerprint density at radius 1 is 1.30 bits per heavy atom. The van der Waals surface area contributed by atoms with Crippen LogP contribution < -0.4 is 5.32 Å². The van der Waals surface area contributed by atoms with Gasteiger partial charge in [0.15, 0.2) is 0 Å². The standard InChI is InChI=1S/C16H20N2S2/c1-2-17-10-14-16(12-8-9-12)18-15(20-14)11-19-13-6-4-3-5-7-13/h3-7,12,17H,2,8-11H2,1H3. The van der Waals surface area contributed by atoms with E-state index in [1.54, 1.807) is 0 Å². The number of thioether (sulfide) groups is 1. The summed E-state index contributed by atoms with van der Waals surface area (Å²) in [4.78, 5) is 7.68.